The summed E-state index contributed by atoms with van der Waals surface area (Å²) in [5, 5.41) is 6.30. The zero-order valence-corrected chi connectivity index (χ0v) is 19.5. The molecule has 1 saturated heterocycles. The number of aromatic nitrogens is 1. The number of thiazole rings is 1. The molecule has 0 amide bonds. The molecule has 0 bridgehead atoms. The molecule has 0 spiro atoms. The van der Waals surface area contributed by atoms with Gasteiger partial charge in [-0.15, -0.1) is 11.3 Å². The fraction of sp³-hybridized carbons (Fsp3) is 0.364. The van der Waals surface area contributed by atoms with Gasteiger partial charge in [-0.05, 0) is 13.0 Å². The number of aliphatic imine (C=N–C) groups is 1. The summed E-state index contributed by atoms with van der Waals surface area (Å²) in [5.74, 6) is 0.0343. The number of carbonyl (C=O) groups is 2. The van der Waals surface area contributed by atoms with Crippen molar-refractivity contribution in [2.45, 2.75) is 19.2 Å². The number of carbonyl (C=O) groups excluding carboxylic acids is 2. The average Bonchev–Trinajstić information content (AvgIpc) is 3.36. The first-order chi connectivity index (χ1) is 16.1. The van der Waals surface area contributed by atoms with E-state index in [4.69, 9.17) is 30.8 Å². The Hall–Kier alpha value is -2.79. The molecule has 3 heterocycles. The number of rotatable bonds is 8. The van der Waals surface area contributed by atoms with Gasteiger partial charge in [-0.2, -0.15) is 0 Å². The second kappa shape index (κ2) is 10.9. The van der Waals surface area contributed by atoms with E-state index < -0.39 is 18.2 Å². The van der Waals surface area contributed by atoms with Crippen molar-refractivity contribution >= 4 is 41.2 Å². The lowest BCUT2D eigenvalue weighted by Gasteiger charge is -2.36. The number of esters is 1. The summed E-state index contributed by atoms with van der Waals surface area (Å²) in [6.45, 7) is 3.86. The van der Waals surface area contributed by atoms with Gasteiger partial charge in [0, 0.05) is 40.9 Å². The van der Waals surface area contributed by atoms with Crippen LogP contribution in [0.4, 0.5) is 0 Å². The summed E-state index contributed by atoms with van der Waals surface area (Å²) in [6, 6.07) is 6.57. The highest BCUT2D eigenvalue weighted by molar-refractivity contribution is 7.11. The van der Waals surface area contributed by atoms with E-state index in [1.54, 1.807) is 19.2 Å². The van der Waals surface area contributed by atoms with Crippen molar-refractivity contribution in [2.24, 2.45) is 4.99 Å². The van der Waals surface area contributed by atoms with E-state index in [0.29, 0.717) is 52.3 Å². The van der Waals surface area contributed by atoms with Crippen LogP contribution in [-0.4, -0.2) is 67.3 Å². The molecule has 1 N–H and O–H groups in total. The van der Waals surface area contributed by atoms with Crippen molar-refractivity contribution in [1.82, 2.24) is 15.2 Å². The van der Waals surface area contributed by atoms with Crippen LogP contribution >= 0.6 is 22.9 Å². The molecular weight excluding hydrogens is 468 g/mol. The van der Waals surface area contributed by atoms with Crippen LogP contribution < -0.4 is 5.32 Å². The monoisotopic (exact) mass is 490 g/mol. The van der Waals surface area contributed by atoms with Gasteiger partial charge in [0.1, 0.15) is 6.04 Å². The van der Waals surface area contributed by atoms with Crippen LogP contribution in [-0.2, 0) is 23.8 Å². The van der Waals surface area contributed by atoms with Gasteiger partial charge in [-0.25, -0.2) is 9.78 Å². The lowest BCUT2D eigenvalue weighted by molar-refractivity contribution is -0.160. The average molecular weight is 491 g/mol. The van der Waals surface area contributed by atoms with E-state index in [-0.39, 0.29) is 19.8 Å². The van der Waals surface area contributed by atoms with E-state index in [2.05, 4.69) is 10.3 Å². The maximum atomic E-state index is 13.2. The number of ether oxygens (including phenoxy) is 3. The number of morpholine rings is 1. The summed E-state index contributed by atoms with van der Waals surface area (Å²) in [6.07, 6.45) is 1.12. The third-order valence-electron chi connectivity index (χ3n) is 5.22. The summed E-state index contributed by atoms with van der Waals surface area (Å²) >= 11 is 7.94. The third-order valence-corrected chi connectivity index (χ3v) is 6.34. The molecule has 2 atom stereocenters. The molecule has 2 aliphatic heterocycles. The number of nitrogens with one attached hydrogen (secondary N) is 1. The molecule has 2 aliphatic rings. The first kappa shape index (κ1) is 23.4. The smallest absolute Gasteiger partial charge is 0.338 e. The molecule has 1 aromatic heterocycles. The summed E-state index contributed by atoms with van der Waals surface area (Å²) in [7, 11) is 0. The van der Waals surface area contributed by atoms with Crippen LogP contribution in [0.2, 0.25) is 5.02 Å². The number of hydrogen-bond acceptors (Lipinski definition) is 10. The number of amidine groups is 1. The molecule has 9 nitrogen and oxygen atoms in total. The van der Waals surface area contributed by atoms with Gasteiger partial charge in [0.15, 0.2) is 17.1 Å². The van der Waals surface area contributed by atoms with E-state index in [9.17, 15) is 9.59 Å². The number of benzene rings is 1. The van der Waals surface area contributed by atoms with Gasteiger partial charge in [-0.3, -0.25) is 14.7 Å². The van der Waals surface area contributed by atoms with Crippen molar-refractivity contribution in [3.63, 3.8) is 0 Å². The Balaban J connectivity index is 1.80. The predicted molar refractivity (Wildman–Crippen MR) is 123 cm³/mol. The van der Waals surface area contributed by atoms with Crippen molar-refractivity contribution < 1.29 is 23.8 Å². The van der Waals surface area contributed by atoms with Gasteiger partial charge >= 0.3 is 5.97 Å². The molecule has 11 heteroatoms. The molecule has 1 aromatic carbocycles. The molecule has 0 saturated carbocycles. The van der Waals surface area contributed by atoms with Crippen molar-refractivity contribution in [3.05, 3.63) is 62.7 Å². The summed E-state index contributed by atoms with van der Waals surface area (Å²) in [4.78, 5) is 35.3. The molecule has 0 aliphatic carbocycles. The van der Waals surface area contributed by atoms with Gasteiger partial charge in [0.05, 0.1) is 25.4 Å². The maximum Gasteiger partial charge on any atom is 0.338 e. The van der Waals surface area contributed by atoms with Crippen LogP contribution in [0.15, 0.2) is 52.1 Å². The zero-order chi connectivity index (χ0) is 23.2. The van der Waals surface area contributed by atoms with Gasteiger partial charge in [0.25, 0.3) is 6.47 Å². The van der Waals surface area contributed by atoms with Crippen LogP contribution in [0, 0.1) is 0 Å². The second-order valence-electron chi connectivity index (χ2n) is 7.21. The number of halogens is 1. The fourth-order valence-electron chi connectivity index (χ4n) is 3.73. The predicted octanol–water partition coefficient (Wildman–Crippen LogP) is 2.54. The topological polar surface area (TPSA) is 102 Å². The fourth-order valence-corrected chi connectivity index (χ4v) is 4.56. The number of hydrogen-bond donors (Lipinski definition) is 1. The number of nitrogens with zero attached hydrogens (tertiary/aromatic N) is 3. The first-order valence-electron chi connectivity index (χ1n) is 10.4. The maximum absolute atomic E-state index is 13.2. The Labute approximate surface area is 200 Å². The Morgan fingerprint density at radius 3 is 3.00 bits per heavy atom. The normalized spacial score (nSPS) is 21.2. The van der Waals surface area contributed by atoms with Crippen molar-refractivity contribution in [1.29, 1.82) is 0 Å². The molecule has 174 valence electrons. The highest BCUT2D eigenvalue weighted by atomic mass is 35.5. The van der Waals surface area contributed by atoms with Crippen molar-refractivity contribution in [3.8, 4) is 0 Å². The van der Waals surface area contributed by atoms with E-state index >= 15 is 0 Å². The molecule has 4 rings (SSSR count). The van der Waals surface area contributed by atoms with E-state index in [0.717, 1.165) is 0 Å². The first-order valence-corrected chi connectivity index (χ1v) is 11.7. The van der Waals surface area contributed by atoms with Gasteiger partial charge in [-0.1, -0.05) is 29.8 Å². The minimum absolute atomic E-state index is 0.211. The standard InChI is InChI=1S/C22H23ClN4O5S/c1-2-31-22(29)18-16(11-27-8-9-30-12-17(27)32-13-28)25-20(21-24-7-10-33-21)26-19(18)14-5-3-4-6-15(14)23/h3-7,10,13,17,19H,2,8-9,11-12H2,1H3,(H,25,26). The summed E-state index contributed by atoms with van der Waals surface area (Å²) in [5.41, 5.74) is 1.61. The highest BCUT2D eigenvalue weighted by Gasteiger charge is 2.36. The minimum Gasteiger partial charge on any atom is -0.463 e. The lowest BCUT2D eigenvalue weighted by Crippen LogP contribution is -2.50. The Bertz CT molecular complexity index is 1060. The van der Waals surface area contributed by atoms with Crippen LogP contribution in [0.25, 0.3) is 0 Å². The van der Waals surface area contributed by atoms with Gasteiger partial charge in [0.2, 0.25) is 0 Å². The Kier molecular flexibility index (Phi) is 7.71. The molecular formula is C22H23ClN4O5S. The Morgan fingerprint density at radius 2 is 2.27 bits per heavy atom. The molecule has 33 heavy (non-hydrogen) atoms. The Morgan fingerprint density at radius 1 is 1.42 bits per heavy atom. The largest absolute Gasteiger partial charge is 0.463 e. The lowest BCUT2D eigenvalue weighted by atomic mass is 9.95. The second-order valence-corrected chi connectivity index (χ2v) is 8.51. The third kappa shape index (κ3) is 5.25. The molecule has 2 aromatic rings. The molecule has 1 fully saturated rings. The zero-order valence-electron chi connectivity index (χ0n) is 17.9. The van der Waals surface area contributed by atoms with Gasteiger partial charge < -0.3 is 19.5 Å². The van der Waals surface area contributed by atoms with Crippen LogP contribution in [0.1, 0.15) is 23.5 Å². The van der Waals surface area contributed by atoms with Crippen molar-refractivity contribution in [2.75, 3.05) is 32.9 Å². The highest BCUT2D eigenvalue weighted by Crippen LogP contribution is 2.36. The molecule has 2 unspecified atom stereocenters. The minimum atomic E-state index is -0.695. The van der Waals surface area contributed by atoms with E-state index in [1.165, 1.54) is 11.3 Å². The van der Waals surface area contributed by atoms with E-state index in [1.807, 2.05) is 28.5 Å². The summed E-state index contributed by atoms with van der Waals surface area (Å²) < 4.78 is 16.1. The quantitative estimate of drug-likeness (QED) is 0.445. The van der Waals surface area contributed by atoms with Crippen LogP contribution in [0.5, 0.6) is 0 Å². The van der Waals surface area contributed by atoms with Crippen LogP contribution in [0.3, 0.4) is 0 Å². The molecule has 0 radical (unpaired) electrons. The SMILES string of the molecule is CCOC(=O)C1=C(CN2CCOCC2OC=O)NC(c2nccs2)=NC1c1ccccc1Cl.